The lowest BCUT2D eigenvalue weighted by atomic mass is 10.3. The minimum atomic E-state index is -1.07. The Hall–Kier alpha value is -2.70. The number of carbonyl (C=O) groups excluding carboxylic acids is 1. The third-order valence-corrected chi connectivity index (χ3v) is 2.52. The summed E-state index contributed by atoms with van der Waals surface area (Å²) in [6.07, 6.45) is 1.33. The van der Waals surface area contributed by atoms with Gasteiger partial charge in [0.25, 0.3) is 5.56 Å². The first-order chi connectivity index (χ1) is 9.45. The predicted octanol–water partition coefficient (Wildman–Crippen LogP) is 1.35. The second-order valence-electron chi connectivity index (χ2n) is 4.11. The van der Waals surface area contributed by atoms with E-state index in [9.17, 15) is 18.4 Å². The highest BCUT2D eigenvalue weighted by molar-refractivity contribution is 5.90. The van der Waals surface area contributed by atoms with Gasteiger partial charge in [-0.3, -0.25) is 9.59 Å². The van der Waals surface area contributed by atoms with E-state index in [0.717, 1.165) is 16.7 Å². The molecule has 2 aromatic rings. The van der Waals surface area contributed by atoms with Crippen molar-refractivity contribution in [1.82, 2.24) is 4.57 Å². The molecule has 1 amide bonds. The average Bonchev–Trinajstić information content (AvgIpc) is 2.38. The molecule has 1 heterocycles. The first kappa shape index (κ1) is 13.7. The SMILES string of the molecule is Nc1ccc(=O)n(CC(=O)Nc2ccc(F)c(F)c2)c1. The van der Waals surface area contributed by atoms with Gasteiger partial charge in [-0.15, -0.1) is 0 Å². The molecule has 104 valence electrons. The Morgan fingerprint density at radius 3 is 2.65 bits per heavy atom. The fourth-order valence-corrected chi connectivity index (χ4v) is 1.60. The number of aromatic nitrogens is 1. The number of carbonyl (C=O) groups is 1. The van der Waals surface area contributed by atoms with Crippen LogP contribution in [0.1, 0.15) is 0 Å². The van der Waals surface area contributed by atoms with E-state index >= 15 is 0 Å². The van der Waals surface area contributed by atoms with E-state index in [2.05, 4.69) is 5.32 Å². The number of pyridine rings is 1. The third-order valence-electron chi connectivity index (χ3n) is 2.52. The van der Waals surface area contributed by atoms with Crippen molar-refractivity contribution < 1.29 is 13.6 Å². The number of hydrogen-bond donors (Lipinski definition) is 2. The maximum Gasteiger partial charge on any atom is 0.251 e. The molecule has 3 N–H and O–H groups in total. The van der Waals surface area contributed by atoms with Crippen molar-refractivity contribution in [1.29, 1.82) is 0 Å². The first-order valence-electron chi connectivity index (χ1n) is 5.66. The predicted molar refractivity (Wildman–Crippen MR) is 70.1 cm³/mol. The van der Waals surface area contributed by atoms with E-state index in [1.807, 2.05) is 0 Å². The highest BCUT2D eigenvalue weighted by atomic mass is 19.2. The Labute approximate surface area is 112 Å². The summed E-state index contributed by atoms with van der Waals surface area (Å²) in [5.41, 5.74) is 5.56. The number of benzene rings is 1. The van der Waals surface area contributed by atoms with E-state index in [1.54, 1.807) is 0 Å². The molecule has 1 aromatic heterocycles. The van der Waals surface area contributed by atoms with Crippen molar-refractivity contribution in [2.75, 3.05) is 11.1 Å². The molecule has 0 saturated heterocycles. The van der Waals surface area contributed by atoms with Gasteiger partial charge in [-0.2, -0.15) is 0 Å². The molecule has 0 aliphatic heterocycles. The lowest BCUT2D eigenvalue weighted by Crippen LogP contribution is -2.27. The molecule has 7 heteroatoms. The number of nitrogens with one attached hydrogen (secondary N) is 1. The van der Waals surface area contributed by atoms with Gasteiger partial charge in [0.1, 0.15) is 6.54 Å². The quantitative estimate of drug-likeness (QED) is 0.890. The van der Waals surface area contributed by atoms with Gasteiger partial charge in [0, 0.05) is 29.7 Å². The molecular weight excluding hydrogens is 268 g/mol. The number of nitrogens with zero attached hydrogens (tertiary/aromatic N) is 1. The molecule has 2 rings (SSSR count). The smallest absolute Gasteiger partial charge is 0.251 e. The fourth-order valence-electron chi connectivity index (χ4n) is 1.60. The van der Waals surface area contributed by atoms with Crippen LogP contribution in [0, 0.1) is 11.6 Å². The molecule has 0 bridgehead atoms. The van der Waals surface area contributed by atoms with E-state index in [4.69, 9.17) is 5.73 Å². The molecule has 0 spiro atoms. The van der Waals surface area contributed by atoms with Crippen LogP contribution in [0.15, 0.2) is 41.3 Å². The number of hydrogen-bond acceptors (Lipinski definition) is 3. The second kappa shape index (κ2) is 5.52. The van der Waals surface area contributed by atoms with Crippen LogP contribution in [0.4, 0.5) is 20.2 Å². The summed E-state index contributed by atoms with van der Waals surface area (Å²) in [6.45, 7) is -0.275. The zero-order valence-electron chi connectivity index (χ0n) is 10.3. The Kier molecular flexibility index (Phi) is 3.79. The number of amides is 1. The van der Waals surface area contributed by atoms with E-state index in [-0.39, 0.29) is 17.8 Å². The highest BCUT2D eigenvalue weighted by Crippen LogP contribution is 2.13. The molecule has 0 aliphatic rings. The van der Waals surface area contributed by atoms with E-state index < -0.39 is 17.5 Å². The molecule has 0 atom stereocenters. The van der Waals surface area contributed by atoms with Gasteiger partial charge in [0.15, 0.2) is 11.6 Å². The monoisotopic (exact) mass is 279 g/mol. The van der Waals surface area contributed by atoms with Gasteiger partial charge < -0.3 is 15.6 Å². The van der Waals surface area contributed by atoms with Crippen LogP contribution in [-0.4, -0.2) is 10.5 Å². The number of rotatable bonds is 3. The van der Waals surface area contributed by atoms with E-state index in [1.165, 1.54) is 24.4 Å². The summed E-state index contributed by atoms with van der Waals surface area (Å²) in [5, 5.41) is 2.36. The van der Waals surface area contributed by atoms with Gasteiger partial charge in [0.2, 0.25) is 5.91 Å². The second-order valence-corrected chi connectivity index (χ2v) is 4.11. The molecule has 20 heavy (non-hydrogen) atoms. The topological polar surface area (TPSA) is 77.1 Å². The van der Waals surface area contributed by atoms with E-state index in [0.29, 0.717) is 5.69 Å². The Morgan fingerprint density at radius 2 is 1.95 bits per heavy atom. The number of anilines is 2. The van der Waals surface area contributed by atoms with Crippen molar-refractivity contribution in [3.8, 4) is 0 Å². The Bertz CT molecular complexity index is 713. The molecule has 0 fully saturated rings. The van der Waals surface area contributed by atoms with Crippen LogP contribution in [0.2, 0.25) is 0 Å². The zero-order chi connectivity index (χ0) is 14.7. The maximum absolute atomic E-state index is 13.0. The minimum Gasteiger partial charge on any atom is -0.398 e. The van der Waals surface area contributed by atoms with Crippen molar-refractivity contribution in [2.24, 2.45) is 0 Å². The lowest BCUT2D eigenvalue weighted by molar-refractivity contribution is -0.116. The van der Waals surface area contributed by atoms with Crippen molar-refractivity contribution in [2.45, 2.75) is 6.54 Å². The van der Waals surface area contributed by atoms with Crippen LogP contribution in [-0.2, 0) is 11.3 Å². The summed E-state index contributed by atoms with van der Waals surface area (Å²) in [6, 6.07) is 5.64. The largest absolute Gasteiger partial charge is 0.398 e. The molecule has 0 radical (unpaired) electrons. The van der Waals surface area contributed by atoms with Gasteiger partial charge in [-0.25, -0.2) is 8.78 Å². The Morgan fingerprint density at radius 1 is 1.20 bits per heavy atom. The van der Waals surface area contributed by atoms with Crippen LogP contribution >= 0.6 is 0 Å². The van der Waals surface area contributed by atoms with Gasteiger partial charge in [0.05, 0.1) is 0 Å². The summed E-state index contributed by atoms with van der Waals surface area (Å²) in [4.78, 5) is 23.2. The summed E-state index contributed by atoms with van der Waals surface area (Å²) in [7, 11) is 0. The average molecular weight is 279 g/mol. The van der Waals surface area contributed by atoms with Crippen LogP contribution in [0.25, 0.3) is 0 Å². The first-order valence-corrected chi connectivity index (χ1v) is 5.66. The van der Waals surface area contributed by atoms with Crippen LogP contribution in [0.5, 0.6) is 0 Å². The minimum absolute atomic E-state index is 0.103. The lowest BCUT2D eigenvalue weighted by Gasteiger charge is -2.08. The summed E-state index contributed by atoms with van der Waals surface area (Å²) >= 11 is 0. The Balaban J connectivity index is 2.11. The standard InChI is InChI=1S/C13H11F2N3O2/c14-10-3-2-9(5-11(10)15)17-12(19)7-18-6-8(16)1-4-13(18)20/h1-6H,7,16H2,(H,17,19). The normalized spacial score (nSPS) is 10.3. The molecule has 1 aromatic carbocycles. The van der Waals surface area contributed by atoms with Crippen LogP contribution < -0.4 is 16.6 Å². The number of nitrogen functional groups attached to an aromatic ring is 1. The zero-order valence-corrected chi connectivity index (χ0v) is 10.3. The molecule has 0 unspecified atom stereocenters. The maximum atomic E-state index is 13.0. The van der Waals surface area contributed by atoms with Gasteiger partial charge in [-0.1, -0.05) is 0 Å². The number of nitrogens with two attached hydrogens (primary N) is 1. The molecule has 0 aliphatic carbocycles. The van der Waals surface area contributed by atoms with Crippen molar-refractivity contribution >= 4 is 17.3 Å². The summed E-state index contributed by atoms with van der Waals surface area (Å²) < 4.78 is 26.8. The highest BCUT2D eigenvalue weighted by Gasteiger charge is 2.08. The fraction of sp³-hybridized carbons (Fsp3) is 0.0769. The van der Waals surface area contributed by atoms with Gasteiger partial charge >= 0.3 is 0 Å². The number of halogens is 2. The molecule has 5 nitrogen and oxygen atoms in total. The van der Waals surface area contributed by atoms with Gasteiger partial charge in [-0.05, 0) is 18.2 Å². The van der Waals surface area contributed by atoms with Crippen molar-refractivity contribution in [3.05, 3.63) is 58.5 Å². The summed E-state index contributed by atoms with van der Waals surface area (Å²) in [5.74, 6) is -2.62. The van der Waals surface area contributed by atoms with Crippen LogP contribution in [0.3, 0.4) is 0 Å². The third kappa shape index (κ3) is 3.19. The molecular formula is C13H11F2N3O2. The van der Waals surface area contributed by atoms with Crippen molar-refractivity contribution in [3.63, 3.8) is 0 Å². The molecule has 0 saturated carbocycles.